The summed E-state index contributed by atoms with van der Waals surface area (Å²) in [5.41, 5.74) is -3.45. The fourth-order valence-corrected chi connectivity index (χ4v) is 2.60. The summed E-state index contributed by atoms with van der Waals surface area (Å²) in [4.78, 5) is 0. The van der Waals surface area contributed by atoms with Gasteiger partial charge in [0.25, 0.3) is 0 Å². The topological polar surface area (TPSA) is 12.0 Å². The molecular weight excluding hydrogens is 277 g/mol. The quantitative estimate of drug-likeness (QED) is 0.812. The molecule has 0 radical (unpaired) electrons. The van der Waals surface area contributed by atoms with Gasteiger partial charge in [0.05, 0.1) is 5.56 Å². The average molecular weight is 293 g/mol. The summed E-state index contributed by atoms with van der Waals surface area (Å²) in [6.07, 6.45) is -3.45. The molecule has 112 valence electrons. The summed E-state index contributed by atoms with van der Waals surface area (Å²) in [6, 6.07) is 2.37. The fourth-order valence-electron chi connectivity index (χ4n) is 2.60. The molecule has 0 spiro atoms. The van der Waals surface area contributed by atoms with Gasteiger partial charge in [0.2, 0.25) is 0 Å². The fraction of sp³-hybridized carbons (Fsp3) is 0.571. The minimum atomic E-state index is -4.82. The van der Waals surface area contributed by atoms with E-state index in [4.69, 9.17) is 0 Å². The zero-order valence-electron chi connectivity index (χ0n) is 11.0. The Bertz CT molecular complexity index is 475. The molecule has 1 heterocycles. The smallest absolute Gasteiger partial charge is 0.316 e. The average Bonchev–Trinajstić information content (AvgIpc) is 2.38. The summed E-state index contributed by atoms with van der Waals surface area (Å²) < 4.78 is 66.2. The highest BCUT2D eigenvalue weighted by Crippen LogP contribution is 2.40. The monoisotopic (exact) mass is 293 g/mol. The van der Waals surface area contributed by atoms with Crippen LogP contribution < -0.4 is 5.32 Å². The van der Waals surface area contributed by atoms with Gasteiger partial charge in [0.1, 0.15) is 11.5 Å². The highest BCUT2D eigenvalue weighted by Gasteiger charge is 2.40. The van der Waals surface area contributed by atoms with Crippen LogP contribution in [0.5, 0.6) is 0 Å². The molecule has 1 N–H and O–H groups in total. The predicted octanol–water partition coefficient (Wildman–Crippen LogP) is 4.03. The van der Waals surface area contributed by atoms with E-state index in [-0.39, 0.29) is 5.56 Å². The molecule has 1 nitrogen and oxygen atoms in total. The Morgan fingerprint density at radius 3 is 2.45 bits per heavy atom. The number of benzene rings is 1. The van der Waals surface area contributed by atoms with E-state index >= 15 is 0 Å². The summed E-state index contributed by atoms with van der Waals surface area (Å²) in [6.45, 7) is 2.45. The van der Waals surface area contributed by atoms with Gasteiger partial charge in [-0.25, -0.2) is 8.78 Å². The van der Waals surface area contributed by atoms with Gasteiger partial charge in [-0.15, -0.1) is 0 Å². The van der Waals surface area contributed by atoms with E-state index < -0.39 is 29.1 Å². The molecule has 0 saturated carbocycles. The van der Waals surface area contributed by atoms with Crippen molar-refractivity contribution in [2.24, 2.45) is 5.92 Å². The lowest BCUT2D eigenvalue weighted by molar-refractivity contribution is -0.140. The van der Waals surface area contributed by atoms with Crippen molar-refractivity contribution >= 4 is 0 Å². The largest absolute Gasteiger partial charge is 0.419 e. The van der Waals surface area contributed by atoms with Crippen LogP contribution in [-0.2, 0) is 11.8 Å². The van der Waals surface area contributed by atoms with Gasteiger partial charge in [0.15, 0.2) is 0 Å². The maximum atomic E-state index is 14.9. The molecule has 1 aliphatic rings. The SMILES string of the molecule is CC(F)(c1ccc(F)c(C(F)(F)F)c1)C1CCCNC1. The molecule has 1 aromatic carbocycles. The van der Waals surface area contributed by atoms with E-state index in [1.807, 2.05) is 0 Å². The summed E-state index contributed by atoms with van der Waals surface area (Å²) in [7, 11) is 0. The highest BCUT2D eigenvalue weighted by atomic mass is 19.4. The van der Waals surface area contributed by atoms with Crippen molar-refractivity contribution in [2.45, 2.75) is 31.6 Å². The van der Waals surface area contributed by atoms with Gasteiger partial charge >= 0.3 is 6.18 Å². The Labute approximate surface area is 114 Å². The predicted molar refractivity (Wildman–Crippen MR) is 65.5 cm³/mol. The van der Waals surface area contributed by atoms with Gasteiger partial charge in [-0.3, -0.25) is 0 Å². The van der Waals surface area contributed by atoms with Crippen LogP contribution in [0.4, 0.5) is 22.0 Å². The van der Waals surface area contributed by atoms with Crippen molar-refractivity contribution < 1.29 is 22.0 Å². The van der Waals surface area contributed by atoms with Crippen molar-refractivity contribution in [1.82, 2.24) is 5.32 Å². The van der Waals surface area contributed by atoms with E-state index in [2.05, 4.69) is 5.32 Å². The van der Waals surface area contributed by atoms with Gasteiger partial charge in [0, 0.05) is 12.5 Å². The van der Waals surface area contributed by atoms with Crippen LogP contribution >= 0.6 is 0 Å². The molecule has 0 aromatic heterocycles. The number of alkyl halides is 4. The Balaban J connectivity index is 2.36. The summed E-state index contributed by atoms with van der Waals surface area (Å²) >= 11 is 0. The van der Waals surface area contributed by atoms with Crippen LogP contribution in [0, 0.1) is 11.7 Å². The molecule has 0 amide bonds. The van der Waals surface area contributed by atoms with Gasteiger partial charge in [-0.1, -0.05) is 6.07 Å². The lowest BCUT2D eigenvalue weighted by Gasteiger charge is -2.34. The third kappa shape index (κ3) is 2.95. The summed E-state index contributed by atoms with van der Waals surface area (Å²) in [5, 5.41) is 3.03. The minimum absolute atomic E-state index is 0.125. The van der Waals surface area contributed by atoms with E-state index in [1.54, 1.807) is 0 Å². The third-order valence-electron chi connectivity index (χ3n) is 3.90. The number of hydrogen-bond donors (Lipinski definition) is 1. The molecule has 0 aliphatic carbocycles. The Morgan fingerprint density at radius 1 is 1.20 bits per heavy atom. The first-order valence-corrected chi connectivity index (χ1v) is 6.50. The number of hydrogen-bond acceptors (Lipinski definition) is 1. The molecule has 1 saturated heterocycles. The maximum Gasteiger partial charge on any atom is 0.419 e. The molecule has 0 bridgehead atoms. The second-order valence-electron chi connectivity index (χ2n) is 5.31. The standard InChI is InChI=1S/C14H16F5N/c1-13(16,10-3-2-6-20-8-10)9-4-5-12(15)11(7-9)14(17,18)19/h4-5,7,10,20H,2-3,6,8H2,1H3. The molecule has 2 atom stereocenters. The molecule has 20 heavy (non-hydrogen) atoms. The first-order chi connectivity index (χ1) is 9.23. The van der Waals surface area contributed by atoms with E-state index in [0.29, 0.717) is 25.1 Å². The van der Waals surface area contributed by atoms with E-state index in [0.717, 1.165) is 19.0 Å². The second-order valence-corrected chi connectivity index (χ2v) is 5.31. The first-order valence-electron chi connectivity index (χ1n) is 6.50. The van der Waals surface area contributed by atoms with Gasteiger partial charge < -0.3 is 5.32 Å². The van der Waals surface area contributed by atoms with Gasteiger partial charge in [-0.2, -0.15) is 13.2 Å². The van der Waals surface area contributed by atoms with E-state index in [9.17, 15) is 22.0 Å². The lowest BCUT2D eigenvalue weighted by Crippen LogP contribution is -2.40. The zero-order chi connectivity index (χ0) is 15.0. The van der Waals surface area contributed by atoms with E-state index in [1.165, 1.54) is 6.92 Å². The maximum absolute atomic E-state index is 14.9. The molecular formula is C14H16F5N. The van der Waals surface area contributed by atoms with Crippen molar-refractivity contribution in [1.29, 1.82) is 0 Å². The van der Waals surface area contributed by atoms with Crippen LogP contribution in [0.15, 0.2) is 18.2 Å². The lowest BCUT2D eigenvalue weighted by atomic mass is 9.80. The van der Waals surface area contributed by atoms with Crippen LogP contribution in [0.2, 0.25) is 0 Å². The molecule has 1 aromatic rings. The number of nitrogens with one attached hydrogen (secondary N) is 1. The van der Waals surface area contributed by atoms with Crippen LogP contribution in [0.25, 0.3) is 0 Å². The zero-order valence-corrected chi connectivity index (χ0v) is 11.0. The molecule has 2 unspecified atom stereocenters. The number of piperidine rings is 1. The molecule has 6 heteroatoms. The third-order valence-corrected chi connectivity index (χ3v) is 3.90. The van der Waals surface area contributed by atoms with Crippen molar-refractivity contribution in [3.05, 3.63) is 35.1 Å². The van der Waals surface area contributed by atoms with Crippen LogP contribution in [0.3, 0.4) is 0 Å². The first kappa shape index (κ1) is 15.2. The highest BCUT2D eigenvalue weighted by molar-refractivity contribution is 5.31. The van der Waals surface area contributed by atoms with Gasteiger partial charge in [-0.05, 0) is 44.0 Å². The van der Waals surface area contributed by atoms with Crippen molar-refractivity contribution in [3.8, 4) is 0 Å². The molecule has 1 fully saturated rings. The van der Waals surface area contributed by atoms with Crippen molar-refractivity contribution in [3.63, 3.8) is 0 Å². The summed E-state index contributed by atoms with van der Waals surface area (Å²) in [5.74, 6) is -1.79. The van der Waals surface area contributed by atoms with Crippen LogP contribution in [0.1, 0.15) is 30.9 Å². The number of halogens is 5. The normalized spacial score (nSPS) is 23.4. The van der Waals surface area contributed by atoms with Crippen molar-refractivity contribution in [2.75, 3.05) is 13.1 Å². The molecule has 1 aliphatic heterocycles. The number of rotatable bonds is 2. The van der Waals surface area contributed by atoms with Crippen LogP contribution in [-0.4, -0.2) is 13.1 Å². The minimum Gasteiger partial charge on any atom is -0.316 e. The second kappa shape index (κ2) is 5.31. The molecule has 2 rings (SSSR count). The Morgan fingerprint density at radius 2 is 1.90 bits per heavy atom. The Kier molecular flexibility index (Phi) is 4.04. The Hall–Kier alpha value is -1.17.